The Labute approximate surface area is 207 Å². The highest BCUT2D eigenvalue weighted by Crippen LogP contribution is 2.46. The molecule has 0 radical (unpaired) electrons. The molecule has 182 valence electrons. The molecule has 4 unspecified atom stereocenters. The van der Waals surface area contributed by atoms with Gasteiger partial charge in [-0.15, -0.1) is 0 Å². The molecule has 2 aromatic rings. The summed E-state index contributed by atoms with van der Waals surface area (Å²) in [5, 5.41) is 3.67. The number of rotatable bonds is 6. The molecule has 7 nitrogen and oxygen atoms in total. The summed E-state index contributed by atoms with van der Waals surface area (Å²) in [7, 11) is 3.69. The maximum absolute atomic E-state index is 13.0. The minimum absolute atomic E-state index is 0.0337. The van der Waals surface area contributed by atoms with Crippen molar-refractivity contribution in [3.63, 3.8) is 0 Å². The predicted molar refractivity (Wildman–Crippen MR) is 140 cm³/mol. The Kier molecular flexibility index (Phi) is 5.78. The van der Waals surface area contributed by atoms with Crippen LogP contribution in [0.5, 0.6) is 0 Å². The number of aromatic nitrogens is 2. The van der Waals surface area contributed by atoms with Crippen LogP contribution in [0.4, 0.5) is 17.2 Å². The summed E-state index contributed by atoms with van der Waals surface area (Å²) >= 11 is 0. The van der Waals surface area contributed by atoms with Gasteiger partial charge < -0.3 is 15.1 Å². The second-order valence-corrected chi connectivity index (χ2v) is 10.6. The van der Waals surface area contributed by atoms with Crippen molar-refractivity contribution in [2.45, 2.75) is 44.6 Å². The molecule has 6 rings (SSSR count). The highest BCUT2D eigenvalue weighted by atomic mass is 16.2. The van der Waals surface area contributed by atoms with Gasteiger partial charge in [0.1, 0.15) is 11.5 Å². The van der Waals surface area contributed by atoms with Gasteiger partial charge in [0.15, 0.2) is 5.82 Å². The Morgan fingerprint density at radius 1 is 1.06 bits per heavy atom. The zero-order valence-electron chi connectivity index (χ0n) is 20.7. The third-order valence-electron chi connectivity index (χ3n) is 8.02. The molecule has 3 heterocycles. The predicted octanol–water partition coefficient (Wildman–Crippen LogP) is 4.01. The van der Waals surface area contributed by atoms with Crippen molar-refractivity contribution in [1.29, 1.82) is 0 Å². The Morgan fingerprint density at radius 2 is 1.83 bits per heavy atom. The maximum Gasteiger partial charge on any atom is 0.227 e. The number of hydrogen-bond acceptors (Lipinski definition) is 6. The van der Waals surface area contributed by atoms with Gasteiger partial charge in [-0.2, -0.15) is 0 Å². The first-order valence-electron chi connectivity index (χ1n) is 13.0. The number of aliphatic imine (C=N–C) groups is 1. The molecule has 4 aliphatic rings. The van der Waals surface area contributed by atoms with Gasteiger partial charge in [0.2, 0.25) is 5.91 Å². The van der Waals surface area contributed by atoms with E-state index in [-0.39, 0.29) is 17.9 Å². The minimum Gasteiger partial charge on any atom is -0.372 e. The molecular formula is C28H34N6O. The fraction of sp³-hybridized carbons (Fsp3) is 0.500. The average molecular weight is 471 g/mol. The molecule has 7 heteroatoms. The molecule has 4 atom stereocenters. The molecule has 2 aliphatic heterocycles. The number of piperidine rings is 1. The second kappa shape index (κ2) is 9.10. The van der Waals surface area contributed by atoms with Crippen LogP contribution in [0.25, 0.3) is 0 Å². The van der Waals surface area contributed by atoms with Crippen LogP contribution in [-0.4, -0.2) is 60.2 Å². The van der Waals surface area contributed by atoms with Crippen LogP contribution >= 0.6 is 0 Å². The van der Waals surface area contributed by atoms with Crippen LogP contribution in [0, 0.1) is 17.8 Å². The summed E-state index contributed by atoms with van der Waals surface area (Å²) in [5.74, 6) is 2.33. The van der Waals surface area contributed by atoms with E-state index < -0.39 is 0 Å². The number of carbonyl (C=O) groups is 1. The second-order valence-electron chi connectivity index (χ2n) is 10.6. The first kappa shape index (κ1) is 22.3. The number of carbonyl (C=O) groups excluding carboxylic acids is 1. The lowest BCUT2D eigenvalue weighted by Gasteiger charge is -2.30. The number of amides is 1. The molecule has 1 saturated carbocycles. The lowest BCUT2D eigenvalue weighted by molar-refractivity contribution is -0.133. The Balaban J connectivity index is 1.24. The zero-order chi connectivity index (χ0) is 23.9. The van der Waals surface area contributed by atoms with Crippen LogP contribution in [0.1, 0.15) is 42.8 Å². The molecule has 35 heavy (non-hydrogen) atoms. The average Bonchev–Trinajstić information content (AvgIpc) is 3.61. The van der Waals surface area contributed by atoms with E-state index in [1.165, 1.54) is 30.5 Å². The number of allylic oxidation sites excluding steroid dienone is 1. The molecule has 1 aromatic heterocycles. The highest BCUT2D eigenvalue weighted by molar-refractivity contribution is 5.83. The number of anilines is 2. The maximum atomic E-state index is 13.0. The number of fused-ring (bicyclic) bond motifs is 3. The monoisotopic (exact) mass is 470 g/mol. The Bertz CT molecular complexity index is 1160. The third-order valence-corrected chi connectivity index (χ3v) is 8.02. The Morgan fingerprint density at radius 3 is 2.60 bits per heavy atom. The van der Waals surface area contributed by atoms with E-state index in [4.69, 9.17) is 9.97 Å². The summed E-state index contributed by atoms with van der Waals surface area (Å²) in [4.78, 5) is 31.6. The zero-order valence-corrected chi connectivity index (χ0v) is 20.7. The standard InChI is InChI=1S/C28H34N6O/c1-33(2)28(35)24-19-8-9-20(17-19)25(24)32-27-26-22(12-13-29-26)30-23(31-27)16-18-6-10-21(11-7-18)34-14-4-3-5-15-34/h6-11,13,19-20,24-25H,3-5,12,14-17H2,1-2H3,(H,30,31,32). The number of nitrogens with zero attached hydrogens (tertiary/aromatic N) is 5. The van der Waals surface area contributed by atoms with Gasteiger partial charge in [0, 0.05) is 58.0 Å². The van der Waals surface area contributed by atoms with E-state index in [0.29, 0.717) is 18.3 Å². The molecule has 2 aliphatic carbocycles. The lowest BCUT2D eigenvalue weighted by Crippen LogP contribution is -2.43. The molecule has 1 amide bonds. The van der Waals surface area contributed by atoms with Crippen molar-refractivity contribution in [3.8, 4) is 0 Å². The minimum atomic E-state index is -0.0678. The first-order valence-corrected chi connectivity index (χ1v) is 13.0. The number of hydrogen-bond donors (Lipinski definition) is 1. The summed E-state index contributed by atoms with van der Waals surface area (Å²) in [6, 6.07) is 8.91. The van der Waals surface area contributed by atoms with Crippen molar-refractivity contribution < 1.29 is 4.79 Å². The summed E-state index contributed by atoms with van der Waals surface area (Å²) in [6.45, 7) is 2.30. The van der Waals surface area contributed by atoms with Crippen LogP contribution in [0.2, 0.25) is 0 Å². The van der Waals surface area contributed by atoms with E-state index in [0.717, 1.165) is 49.0 Å². The van der Waals surface area contributed by atoms with Crippen molar-refractivity contribution in [1.82, 2.24) is 14.9 Å². The molecule has 1 aromatic carbocycles. The van der Waals surface area contributed by atoms with Gasteiger partial charge in [-0.3, -0.25) is 9.79 Å². The van der Waals surface area contributed by atoms with E-state index in [9.17, 15) is 4.79 Å². The van der Waals surface area contributed by atoms with Gasteiger partial charge in [-0.25, -0.2) is 9.97 Å². The van der Waals surface area contributed by atoms with Gasteiger partial charge in [-0.1, -0.05) is 24.3 Å². The molecule has 0 spiro atoms. The lowest BCUT2D eigenvalue weighted by atomic mass is 9.87. The fourth-order valence-corrected chi connectivity index (χ4v) is 6.20. The molecule has 1 saturated heterocycles. The smallest absolute Gasteiger partial charge is 0.227 e. The SMILES string of the molecule is CN(C)C(=O)C1C2C=CC(C2)C1Nc1nc(Cc2ccc(N3CCCCC3)cc2)nc2c1N=CC2. The van der Waals surface area contributed by atoms with Gasteiger partial charge in [0.05, 0.1) is 11.6 Å². The summed E-state index contributed by atoms with van der Waals surface area (Å²) in [6.07, 6.45) is 12.7. The summed E-state index contributed by atoms with van der Waals surface area (Å²) in [5.41, 5.74) is 4.31. The van der Waals surface area contributed by atoms with Crippen molar-refractivity contribution in [2.75, 3.05) is 37.4 Å². The number of nitrogens with one attached hydrogen (secondary N) is 1. The largest absolute Gasteiger partial charge is 0.372 e. The normalized spacial score (nSPS) is 26.3. The van der Waals surface area contributed by atoms with E-state index >= 15 is 0 Å². The van der Waals surface area contributed by atoms with Crippen LogP contribution in [0.15, 0.2) is 41.4 Å². The molecule has 2 fully saturated rings. The highest BCUT2D eigenvalue weighted by Gasteiger charge is 2.49. The molecule has 2 bridgehead atoms. The molecular weight excluding hydrogens is 436 g/mol. The van der Waals surface area contributed by atoms with E-state index in [1.54, 1.807) is 4.90 Å². The number of benzene rings is 1. The topological polar surface area (TPSA) is 73.7 Å². The van der Waals surface area contributed by atoms with Crippen LogP contribution < -0.4 is 10.2 Å². The van der Waals surface area contributed by atoms with Crippen molar-refractivity contribution in [2.24, 2.45) is 22.7 Å². The Hall–Kier alpha value is -3.22. The van der Waals surface area contributed by atoms with Crippen molar-refractivity contribution >= 4 is 29.3 Å². The van der Waals surface area contributed by atoms with E-state index in [2.05, 4.69) is 51.6 Å². The quantitative estimate of drug-likeness (QED) is 0.646. The van der Waals surface area contributed by atoms with Crippen LogP contribution in [0.3, 0.4) is 0 Å². The molecule has 1 N–H and O–H groups in total. The van der Waals surface area contributed by atoms with Gasteiger partial charge >= 0.3 is 0 Å². The fourth-order valence-electron chi connectivity index (χ4n) is 6.20. The van der Waals surface area contributed by atoms with Crippen molar-refractivity contribution in [3.05, 3.63) is 53.5 Å². The third kappa shape index (κ3) is 4.21. The van der Waals surface area contributed by atoms with Gasteiger partial charge in [-0.05, 0) is 55.2 Å². The van der Waals surface area contributed by atoms with Gasteiger partial charge in [0.25, 0.3) is 0 Å². The summed E-state index contributed by atoms with van der Waals surface area (Å²) < 4.78 is 0. The van der Waals surface area contributed by atoms with Crippen LogP contribution in [-0.2, 0) is 17.6 Å². The first-order chi connectivity index (χ1) is 17.1. The van der Waals surface area contributed by atoms with E-state index in [1.807, 2.05) is 20.3 Å².